The molecule has 1 aliphatic heterocycles. The monoisotopic (exact) mass is 307 g/mol. The summed E-state index contributed by atoms with van der Waals surface area (Å²) in [5.41, 5.74) is 3.00. The molecule has 1 heterocycles. The Kier molecular flexibility index (Phi) is 3.54. The molecule has 0 bridgehead atoms. The molecule has 0 unspecified atom stereocenters. The van der Waals surface area contributed by atoms with E-state index >= 15 is 0 Å². The maximum Gasteiger partial charge on any atom is 0.265 e. The van der Waals surface area contributed by atoms with E-state index in [9.17, 15) is 9.59 Å². The Bertz CT molecular complexity index is 731. The van der Waals surface area contributed by atoms with E-state index in [1.807, 2.05) is 23.9 Å². The maximum atomic E-state index is 12.3. The van der Waals surface area contributed by atoms with E-state index in [1.54, 1.807) is 30.5 Å². The highest BCUT2D eigenvalue weighted by Gasteiger charge is 2.34. The Balaban J connectivity index is 1.88. The summed E-state index contributed by atoms with van der Waals surface area (Å²) in [6, 6.07) is 17.2. The van der Waals surface area contributed by atoms with E-state index in [4.69, 9.17) is 0 Å². The average Bonchev–Trinajstić information content (AvgIpc) is 2.78. The van der Waals surface area contributed by atoms with E-state index in [2.05, 4.69) is 25.2 Å². The number of amides is 2. The zero-order valence-electron chi connectivity index (χ0n) is 12.6. The van der Waals surface area contributed by atoms with Gasteiger partial charge >= 0.3 is 0 Å². The first-order valence-corrected chi connectivity index (χ1v) is 10.3. The number of imide groups is 1. The molecule has 0 spiro atoms. The molecule has 0 saturated carbocycles. The lowest BCUT2D eigenvalue weighted by Crippen LogP contribution is -2.40. The Morgan fingerprint density at radius 3 is 1.86 bits per heavy atom. The standard InChI is InChI=1S/C18H17NO2Si/c1-22(2,14-8-4-3-5-9-14)13-12-19-17(20)15-10-6-7-11-16(15)18(19)21/h3-13H,1-2H3. The van der Waals surface area contributed by atoms with E-state index in [0.717, 1.165) is 0 Å². The summed E-state index contributed by atoms with van der Waals surface area (Å²) >= 11 is 0. The van der Waals surface area contributed by atoms with Crippen LogP contribution in [0.15, 0.2) is 66.5 Å². The average molecular weight is 307 g/mol. The first-order valence-electron chi connectivity index (χ1n) is 7.22. The number of hydrogen-bond donors (Lipinski definition) is 0. The van der Waals surface area contributed by atoms with Gasteiger partial charge < -0.3 is 0 Å². The number of rotatable bonds is 3. The van der Waals surface area contributed by atoms with Crippen molar-refractivity contribution in [3.05, 3.63) is 77.6 Å². The van der Waals surface area contributed by atoms with E-state index in [1.165, 1.54) is 10.1 Å². The third-order valence-corrected chi connectivity index (χ3v) is 6.79. The van der Waals surface area contributed by atoms with Crippen LogP contribution in [0.3, 0.4) is 0 Å². The number of fused-ring (bicyclic) bond motifs is 1. The molecule has 2 aromatic rings. The molecule has 3 rings (SSSR count). The summed E-state index contributed by atoms with van der Waals surface area (Å²) in [6.07, 6.45) is 1.66. The normalized spacial score (nSPS) is 14.7. The van der Waals surface area contributed by atoms with Crippen molar-refractivity contribution < 1.29 is 9.59 Å². The van der Waals surface area contributed by atoms with Crippen LogP contribution in [-0.2, 0) is 0 Å². The molecule has 0 aromatic heterocycles. The topological polar surface area (TPSA) is 37.4 Å². The molecular formula is C18H17NO2Si. The van der Waals surface area contributed by atoms with Crippen LogP contribution in [0, 0.1) is 0 Å². The molecule has 0 aliphatic carbocycles. The highest BCUT2D eigenvalue weighted by atomic mass is 28.3. The van der Waals surface area contributed by atoms with Gasteiger partial charge in [-0.1, -0.05) is 66.4 Å². The summed E-state index contributed by atoms with van der Waals surface area (Å²) in [4.78, 5) is 25.9. The Labute approximate surface area is 130 Å². The SMILES string of the molecule is C[Si](C)(C=CN1C(=O)c2ccccc2C1=O)c1ccccc1. The van der Waals surface area contributed by atoms with Crippen LogP contribution in [0.5, 0.6) is 0 Å². The van der Waals surface area contributed by atoms with Crippen molar-refractivity contribution in [1.82, 2.24) is 4.90 Å². The van der Waals surface area contributed by atoms with Gasteiger partial charge in [0.15, 0.2) is 0 Å². The molecule has 3 nitrogen and oxygen atoms in total. The molecule has 0 radical (unpaired) electrons. The van der Waals surface area contributed by atoms with Crippen LogP contribution < -0.4 is 5.19 Å². The molecule has 0 atom stereocenters. The van der Waals surface area contributed by atoms with Crippen LogP contribution in [0.1, 0.15) is 20.7 Å². The van der Waals surface area contributed by atoms with E-state index < -0.39 is 8.07 Å². The van der Waals surface area contributed by atoms with Gasteiger partial charge in [-0.05, 0) is 12.1 Å². The first kappa shape index (κ1) is 14.5. The van der Waals surface area contributed by atoms with Gasteiger partial charge in [-0.3, -0.25) is 9.59 Å². The molecule has 0 saturated heterocycles. The maximum absolute atomic E-state index is 12.3. The molecular weight excluding hydrogens is 290 g/mol. The predicted molar refractivity (Wildman–Crippen MR) is 89.6 cm³/mol. The van der Waals surface area contributed by atoms with Crippen molar-refractivity contribution in [3.8, 4) is 0 Å². The van der Waals surface area contributed by atoms with Gasteiger partial charge in [-0.25, -0.2) is 4.90 Å². The minimum Gasteiger partial charge on any atom is -0.268 e. The fourth-order valence-electron chi connectivity index (χ4n) is 2.57. The lowest BCUT2D eigenvalue weighted by atomic mass is 10.1. The lowest BCUT2D eigenvalue weighted by molar-refractivity contribution is 0.0721. The van der Waals surface area contributed by atoms with Crippen LogP contribution in [0.25, 0.3) is 0 Å². The summed E-state index contributed by atoms with van der Waals surface area (Å²) in [6.45, 7) is 4.38. The second-order valence-corrected chi connectivity index (χ2v) is 10.3. The highest BCUT2D eigenvalue weighted by molar-refractivity contribution is 6.93. The van der Waals surface area contributed by atoms with Crippen molar-refractivity contribution in [2.24, 2.45) is 0 Å². The van der Waals surface area contributed by atoms with Crippen molar-refractivity contribution in [1.29, 1.82) is 0 Å². The fourth-order valence-corrected chi connectivity index (χ4v) is 4.33. The second-order valence-electron chi connectivity index (χ2n) is 5.93. The van der Waals surface area contributed by atoms with Crippen LogP contribution in [-0.4, -0.2) is 24.8 Å². The minimum absolute atomic E-state index is 0.241. The number of nitrogens with zero attached hydrogens (tertiary/aromatic N) is 1. The molecule has 2 amide bonds. The van der Waals surface area contributed by atoms with Gasteiger partial charge in [-0.2, -0.15) is 0 Å². The zero-order valence-corrected chi connectivity index (χ0v) is 13.6. The molecule has 0 fully saturated rings. The van der Waals surface area contributed by atoms with Gasteiger partial charge in [0.05, 0.1) is 11.1 Å². The summed E-state index contributed by atoms with van der Waals surface area (Å²) in [5, 5.41) is 1.27. The first-order chi connectivity index (χ1) is 10.5. The highest BCUT2D eigenvalue weighted by Crippen LogP contribution is 2.23. The van der Waals surface area contributed by atoms with Crippen LogP contribution in [0.2, 0.25) is 13.1 Å². The quantitative estimate of drug-likeness (QED) is 0.646. The molecule has 2 aromatic carbocycles. The summed E-state index contributed by atoms with van der Waals surface area (Å²) in [7, 11) is -1.84. The molecule has 1 aliphatic rings. The third-order valence-electron chi connectivity index (χ3n) is 3.98. The van der Waals surface area contributed by atoms with Gasteiger partial charge in [0.1, 0.15) is 8.07 Å². The smallest absolute Gasteiger partial charge is 0.265 e. The Morgan fingerprint density at radius 1 is 0.818 bits per heavy atom. The Hall–Kier alpha value is -2.46. The van der Waals surface area contributed by atoms with E-state index in [0.29, 0.717) is 11.1 Å². The largest absolute Gasteiger partial charge is 0.268 e. The summed E-state index contributed by atoms with van der Waals surface area (Å²) in [5.74, 6) is -0.482. The number of carbonyl (C=O) groups is 2. The molecule has 4 heteroatoms. The van der Waals surface area contributed by atoms with Crippen LogP contribution >= 0.6 is 0 Å². The molecule has 0 N–H and O–H groups in total. The van der Waals surface area contributed by atoms with E-state index in [-0.39, 0.29) is 11.8 Å². The molecule has 110 valence electrons. The van der Waals surface area contributed by atoms with Gasteiger partial charge in [0.25, 0.3) is 11.8 Å². The van der Waals surface area contributed by atoms with Gasteiger partial charge in [-0.15, -0.1) is 0 Å². The van der Waals surface area contributed by atoms with Crippen molar-refractivity contribution in [2.45, 2.75) is 13.1 Å². The van der Waals surface area contributed by atoms with Crippen molar-refractivity contribution in [3.63, 3.8) is 0 Å². The van der Waals surface area contributed by atoms with Crippen molar-refractivity contribution >= 4 is 25.1 Å². The zero-order chi connectivity index (χ0) is 15.7. The number of benzene rings is 2. The number of hydrogen-bond acceptors (Lipinski definition) is 2. The second kappa shape index (κ2) is 5.39. The fraction of sp³-hybridized carbons (Fsp3) is 0.111. The summed E-state index contributed by atoms with van der Waals surface area (Å²) < 4.78 is 0. The third kappa shape index (κ3) is 2.42. The molecule has 22 heavy (non-hydrogen) atoms. The van der Waals surface area contributed by atoms with Crippen molar-refractivity contribution in [2.75, 3.05) is 0 Å². The lowest BCUT2D eigenvalue weighted by Gasteiger charge is -2.19. The Morgan fingerprint density at radius 2 is 1.32 bits per heavy atom. The minimum atomic E-state index is -1.84. The van der Waals surface area contributed by atoms with Gasteiger partial charge in [0, 0.05) is 6.20 Å². The van der Waals surface area contributed by atoms with Gasteiger partial charge in [0.2, 0.25) is 0 Å². The van der Waals surface area contributed by atoms with Crippen LogP contribution in [0.4, 0.5) is 0 Å². The predicted octanol–water partition coefficient (Wildman–Crippen LogP) is 2.95. The number of carbonyl (C=O) groups excluding carboxylic acids is 2.